The van der Waals surface area contributed by atoms with Crippen LogP contribution in [0.2, 0.25) is 13.1 Å². The summed E-state index contributed by atoms with van der Waals surface area (Å²) in [5.41, 5.74) is 17.2. The quantitative estimate of drug-likeness (QED) is 0.155. The van der Waals surface area contributed by atoms with Crippen LogP contribution in [0.5, 0.6) is 0 Å². The Morgan fingerprint density at radius 1 is 0.460 bits per heavy atom. The molecule has 8 aromatic rings. The summed E-state index contributed by atoms with van der Waals surface area (Å²) in [6.07, 6.45) is 0. The average molecular weight is 656 g/mol. The Kier molecular flexibility index (Phi) is 5.35. The first-order chi connectivity index (χ1) is 24.3. The number of hydrogen-bond acceptors (Lipinski definition) is 0. The van der Waals surface area contributed by atoms with Crippen molar-refractivity contribution in [2.75, 3.05) is 0 Å². The summed E-state index contributed by atoms with van der Waals surface area (Å²) in [4.78, 5) is 0. The maximum atomic E-state index is 2.59. The molecule has 0 amide bonds. The van der Waals surface area contributed by atoms with Gasteiger partial charge in [-0.25, -0.2) is 0 Å². The van der Waals surface area contributed by atoms with Gasteiger partial charge in [0.2, 0.25) is 0 Å². The number of hydrogen-bond donors (Lipinski definition) is 0. The molecule has 1 spiro atoms. The smallest absolute Gasteiger partial charge is 0.113 e. The van der Waals surface area contributed by atoms with Gasteiger partial charge in [-0.2, -0.15) is 0 Å². The third-order valence-electron chi connectivity index (χ3n) is 12.7. The van der Waals surface area contributed by atoms with Crippen molar-refractivity contribution in [2.45, 2.75) is 37.8 Å². The molecule has 1 nitrogen and oxygen atoms in total. The molecule has 7 aromatic carbocycles. The maximum Gasteiger partial charge on any atom is 0.113 e. The zero-order valence-corrected chi connectivity index (χ0v) is 29.9. The standard InChI is InChI=1S/C48H37NSi/c1-47(2)36-17-7-5-14-32(36)33-26-24-30(28-40(33)47)31-25-27-45-41(29-31)48(38-19-9-12-23-44(38)50(45,3)4)37-18-8-11-22-43(37)49-42-21-10-6-15-34(42)35-16-13-20-39(48)46(35)49/h5-29H,1-4H3. The number of aromatic nitrogens is 1. The van der Waals surface area contributed by atoms with Gasteiger partial charge in [-0.1, -0.05) is 154 Å². The highest BCUT2D eigenvalue weighted by atomic mass is 28.3. The summed E-state index contributed by atoms with van der Waals surface area (Å²) in [7, 11) is -2.08. The van der Waals surface area contributed by atoms with Crippen molar-refractivity contribution in [3.05, 3.63) is 185 Å². The Labute approximate surface area is 294 Å². The van der Waals surface area contributed by atoms with E-state index in [4.69, 9.17) is 0 Å². The summed E-state index contributed by atoms with van der Waals surface area (Å²) in [5.74, 6) is 0. The molecule has 1 aromatic heterocycles. The van der Waals surface area contributed by atoms with Crippen molar-refractivity contribution in [2.24, 2.45) is 0 Å². The lowest BCUT2D eigenvalue weighted by Gasteiger charge is -2.49. The molecule has 0 fully saturated rings. The molecule has 1 unspecified atom stereocenters. The van der Waals surface area contributed by atoms with Crippen molar-refractivity contribution < 1.29 is 0 Å². The molecule has 0 bridgehead atoms. The van der Waals surface area contributed by atoms with E-state index in [0.717, 1.165) is 0 Å². The SMILES string of the molecule is CC1(C)c2ccccc2-c2ccc(-c3ccc4c(c3)C3(c5ccccc5-n5c6ccccc6c6cccc3c65)c3ccccc3[Si]4(C)C)cc21. The maximum absolute atomic E-state index is 2.59. The Morgan fingerprint density at radius 2 is 1.06 bits per heavy atom. The predicted octanol–water partition coefficient (Wildman–Crippen LogP) is 10.6. The predicted molar refractivity (Wildman–Crippen MR) is 212 cm³/mol. The van der Waals surface area contributed by atoms with Gasteiger partial charge in [0.25, 0.3) is 0 Å². The molecular formula is C48H37NSi. The van der Waals surface area contributed by atoms with Crippen molar-refractivity contribution in [3.8, 4) is 27.9 Å². The van der Waals surface area contributed by atoms with Crippen LogP contribution in [0.3, 0.4) is 0 Å². The van der Waals surface area contributed by atoms with E-state index < -0.39 is 13.5 Å². The van der Waals surface area contributed by atoms with Crippen LogP contribution in [0.1, 0.15) is 47.2 Å². The lowest BCUT2D eigenvalue weighted by Crippen LogP contribution is -2.63. The monoisotopic (exact) mass is 655 g/mol. The fourth-order valence-corrected chi connectivity index (χ4v) is 13.6. The third kappa shape index (κ3) is 3.24. The molecule has 0 radical (unpaired) electrons. The lowest BCUT2D eigenvalue weighted by atomic mass is 9.62. The molecule has 2 heteroatoms. The first-order valence-electron chi connectivity index (χ1n) is 18.0. The summed E-state index contributed by atoms with van der Waals surface area (Å²) >= 11 is 0. The van der Waals surface area contributed by atoms with Crippen molar-refractivity contribution in [1.82, 2.24) is 4.57 Å². The minimum absolute atomic E-state index is 0.0451. The van der Waals surface area contributed by atoms with Gasteiger partial charge in [0.1, 0.15) is 8.07 Å². The number of rotatable bonds is 1. The van der Waals surface area contributed by atoms with Crippen LogP contribution in [0.25, 0.3) is 49.7 Å². The van der Waals surface area contributed by atoms with Gasteiger partial charge in [0.05, 0.1) is 22.1 Å². The summed E-state index contributed by atoms with van der Waals surface area (Å²) in [6, 6.07) is 58.3. The molecule has 3 heterocycles. The molecule has 238 valence electrons. The van der Waals surface area contributed by atoms with Gasteiger partial charge in [0, 0.05) is 16.2 Å². The summed E-state index contributed by atoms with van der Waals surface area (Å²) in [5, 5.41) is 5.70. The Bertz CT molecular complexity index is 2780. The zero-order valence-electron chi connectivity index (χ0n) is 28.9. The molecule has 1 atom stereocenters. The van der Waals surface area contributed by atoms with Crippen LogP contribution in [0.4, 0.5) is 0 Å². The largest absolute Gasteiger partial charge is 0.309 e. The summed E-state index contributed by atoms with van der Waals surface area (Å²) in [6.45, 7) is 9.87. The van der Waals surface area contributed by atoms with Gasteiger partial charge < -0.3 is 4.57 Å². The minimum atomic E-state index is -2.08. The van der Waals surface area contributed by atoms with E-state index in [1.807, 2.05) is 0 Å². The molecule has 0 saturated heterocycles. The van der Waals surface area contributed by atoms with Crippen LogP contribution in [0, 0.1) is 0 Å². The van der Waals surface area contributed by atoms with E-state index in [-0.39, 0.29) is 5.41 Å². The fraction of sp³-hybridized carbons (Fsp3) is 0.125. The molecule has 50 heavy (non-hydrogen) atoms. The van der Waals surface area contributed by atoms with Crippen LogP contribution >= 0.6 is 0 Å². The van der Waals surface area contributed by atoms with Gasteiger partial charge in [-0.05, 0) is 90.3 Å². The van der Waals surface area contributed by atoms with E-state index in [1.165, 1.54) is 93.5 Å². The second-order valence-electron chi connectivity index (χ2n) is 15.7. The molecule has 11 rings (SSSR count). The zero-order chi connectivity index (χ0) is 33.6. The van der Waals surface area contributed by atoms with Crippen LogP contribution in [-0.2, 0) is 10.8 Å². The molecule has 2 aliphatic heterocycles. The topological polar surface area (TPSA) is 4.93 Å². The Balaban J connectivity index is 1.26. The van der Waals surface area contributed by atoms with E-state index >= 15 is 0 Å². The molecule has 0 N–H and O–H groups in total. The second-order valence-corrected chi connectivity index (χ2v) is 20.0. The number of nitrogens with zero attached hydrogens (tertiary/aromatic N) is 1. The molecular weight excluding hydrogens is 619 g/mol. The number of para-hydroxylation sites is 3. The minimum Gasteiger partial charge on any atom is -0.309 e. The first-order valence-corrected chi connectivity index (χ1v) is 21.0. The van der Waals surface area contributed by atoms with Gasteiger partial charge in [0.15, 0.2) is 0 Å². The van der Waals surface area contributed by atoms with Crippen molar-refractivity contribution in [3.63, 3.8) is 0 Å². The first kappa shape index (κ1) is 28.4. The molecule has 3 aliphatic rings. The van der Waals surface area contributed by atoms with E-state index in [2.05, 4.69) is 183 Å². The number of fused-ring (bicyclic) bond motifs is 14. The Morgan fingerprint density at radius 3 is 1.92 bits per heavy atom. The highest BCUT2D eigenvalue weighted by Crippen LogP contribution is 2.56. The molecule has 0 saturated carbocycles. The van der Waals surface area contributed by atoms with Gasteiger partial charge in [-0.3, -0.25) is 0 Å². The van der Waals surface area contributed by atoms with Crippen LogP contribution < -0.4 is 10.4 Å². The average Bonchev–Trinajstić information content (AvgIpc) is 3.61. The molecule has 1 aliphatic carbocycles. The summed E-state index contributed by atoms with van der Waals surface area (Å²) < 4.78 is 2.55. The van der Waals surface area contributed by atoms with E-state index in [1.54, 1.807) is 0 Å². The lowest BCUT2D eigenvalue weighted by molar-refractivity contribution is 0.660. The van der Waals surface area contributed by atoms with E-state index in [0.29, 0.717) is 0 Å². The van der Waals surface area contributed by atoms with Crippen molar-refractivity contribution in [1.29, 1.82) is 0 Å². The highest BCUT2D eigenvalue weighted by molar-refractivity contribution is 7.01. The van der Waals surface area contributed by atoms with Crippen LogP contribution in [-0.4, -0.2) is 12.6 Å². The fourth-order valence-electron chi connectivity index (χ4n) is 10.4. The normalized spacial score (nSPS) is 18.4. The van der Waals surface area contributed by atoms with Crippen molar-refractivity contribution >= 4 is 40.3 Å². The van der Waals surface area contributed by atoms with Crippen LogP contribution in [0.15, 0.2) is 152 Å². The van der Waals surface area contributed by atoms with E-state index in [9.17, 15) is 0 Å². The van der Waals surface area contributed by atoms with Gasteiger partial charge in [-0.15, -0.1) is 0 Å². The number of benzene rings is 7. The second kappa shape index (κ2) is 9.41. The highest BCUT2D eigenvalue weighted by Gasteiger charge is 2.53. The Hall–Kier alpha value is -5.44. The van der Waals surface area contributed by atoms with Gasteiger partial charge >= 0.3 is 0 Å². The third-order valence-corrected chi connectivity index (χ3v) is 16.2.